The minimum atomic E-state index is 0.470. The molecule has 0 atom stereocenters. The number of piperidine rings is 1. The molecule has 1 nitrogen and oxygen atoms in total. The van der Waals surface area contributed by atoms with Gasteiger partial charge in [-0.25, -0.2) is 0 Å². The average molecular weight is 197 g/mol. The van der Waals surface area contributed by atoms with Crippen LogP contribution in [0.3, 0.4) is 0 Å². The first-order valence-electron chi connectivity index (χ1n) is 6.23. The van der Waals surface area contributed by atoms with E-state index in [1.54, 1.807) is 0 Å². The second kappa shape index (κ2) is 5.16. The van der Waals surface area contributed by atoms with E-state index in [1.807, 2.05) is 0 Å². The van der Waals surface area contributed by atoms with Crippen LogP contribution in [0.5, 0.6) is 0 Å². The fourth-order valence-electron chi connectivity index (χ4n) is 2.51. The normalized spacial score (nSPS) is 21.4. The van der Waals surface area contributed by atoms with Gasteiger partial charge < -0.3 is 4.90 Å². The Bertz CT molecular complexity index is 149. The molecule has 1 saturated heterocycles. The number of hydrogen-bond donors (Lipinski definition) is 0. The van der Waals surface area contributed by atoms with Gasteiger partial charge in [-0.3, -0.25) is 0 Å². The maximum Gasteiger partial charge on any atom is 0.00300 e. The molecule has 0 aromatic heterocycles. The molecule has 0 N–H and O–H groups in total. The van der Waals surface area contributed by atoms with Gasteiger partial charge >= 0.3 is 0 Å². The van der Waals surface area contributed by atoms with Crippen LogP contribution < -0.4 is 0 Å². The van der Waals surface area contributed by atoms with Crippen LogP contribution in [0.15, 0.2) is 0 Å². The Morgan fingerprint density at radius 2 is 1.71 bits per heavy atom. The summed E-state index contributed by atoms with van der Waals surface area (Å²) in [6.45, 7) is 13.3. The Kier molecular flexibility index (Phi) is 4.43. The Balaban J connectivity index is 2.22. The van der Waals surface area contributed by atoms with Crippen molar-refractivity contribution in [3.05, 3.63) is 0 Å². The standard InChI is InChI=1S/C13H27N/c1-5-6-12-7-9-14(10-8-12)11-13(2,3)4/h12H,5-11H2,1-4H3. The van der Waals surface area contributed by atoms with Gasteiger partial charge in [0.15, 0.2) is 0 Å². The largest absolute Gasteiger partial charge is 0.303 e. The van der Waals surface area contributed by atoms with Gasteiger partial charge in [-0.15, -0.1) is 0 Å². The van der Waals surface area contributed by atoms with Crippen molar-refractivity contribution in [2.24, 2.45) is 11.3 Å². The van der Waals surface area contributed by atoms with Crippen molar-refractivity contribution in [2.45, 2.75) is 53.4 Å². The third kappa shape index (κ3) is 4.45. The minimum Gasteiger partial charge on any atom is -0.303 e. The van der Waals surface area contributed by atoms with E-state index >= 15 is 0 Å². The molecular formula is C13H27N. The number of hydrogen-bond acceptors (Lipinski definition) is 1. The van der Waals surface area contributed by atoms with E-state index in [0.29, 0.717) is 5.41 Å². The van der Waals surface area contributed by atoms with Crippen molar-refractivity contribution in [1.82, 2.24) is 4.90 Å². The molecule has 1 aliphatic heterocycles. The van der Waals surface area contributed by atoms with Crippen LogP contribution in [0.25, 0.3) is 0 Å². The lowest BCUT2D eigenvalue weighted by Gasteiger charge is -2.35. The molecule has 1 heterocycles. The highest BCUT2D eigenvalue weighted by atomic mass is 15.1. The van der Waals surface area contributed by atoms with Crippen LogP contribution >= 0.6 is 0 Å². The molecule has 14 heavy (non-hydrogen) atoms. The topological polar surface area (TPSA) is 3.24 Å². The molecule has 0 aromatic carbocycles. The van der Waals surface area contributed by atoms with Crippen molar-refractivity contribution in [3.8, 4) is 0 Å². The van der Waals surface area contributed by atoms with E-state index < -0.39 is 0 Å². The molecule has 0 unspecified atom stereocenters. The quantitative estimate of drug-likeness (QED) is 0.669. The van der Waals surface area contributed by atoms with Crippen LogP contribution in [-0.4, -0.2) is 24.5 Å². The van der Waals surface area contributed by atoms with Gasteiger partial charge in [0.05, 0.1) is 0 Å². The lowest BCUT2D eigenvalue weighted by molar-refractivity contribution is 0.133. The summed E-state index contributed by atoms with van der Waals surface area (Å²) in [5.41, 5.74) is 0.470. The maximum absolute atomic E-state index is 2.64. The second-order valence-corrected chi connectivity index (χ2v) is 6.07. The molecule has 0 aliphatic carbocycles. The molecule has 0 saturated carbocycles. The van der Waals surface area contributed by atoms with E-state index in [0.717, 1.165) is 5.92 Å². The molecule has 1 aliphatic rings. The first-order valence-corrected chi connectivity index (χ1v) is 6.23. The molecule has 0 aromatic rings. The van der Waals surface area contributed by atoms with Crippen molar-refractivity contribution in [2.75, 3.05) is 19.6 Å². The van der Waals surface area contributed by atoms with Crippen LogP contribution in [-0.2, 0) is 0 Å². The van der Waals surface area contributed by atoms with Crippen LogP contribution in [0.4, 0.5) is 0 Å². The SMILES string of the molecule is CCCC1CCN(CC(C)(C)C)CC1. The Morgan fingerprint density at radius 1 is 1.14 bits per heavy atom. The van der Waals surface area contributed by atoms with Gasteiger partial charge in [-0.2, -0.15) is 0 Å². The summed E-state index contributed by atoms with van der Waals surface area (Å²) < 4.78 is 0. The van der Waals surface area contributed by atoms with Gasteiger partial charge in [-0.05, 0) is 37.3 Å². The van der Waals surface area contributed by atoms with Crippen LogP contribution in [0.2, 0.25) is 0 Å². The van der Waals surface area contributed by atoms with Crippen LogP contribution in [0, 0.1) is 11.3 Å². The first kappa shape index (κ1) is 12.0. The molecule has 1 fully saturated rings. The molecule has 1 heteroatoms. The predicted octanol–water partition coefficient (Wildman–Crippen LogP) is 3.54. The number of likely N-dealkylation sites (tertiary alicyclic amines) is 1. The zero-order valence-corrected chi connectivity index (χ0v) is 10.5. The third-order valence-electron chi connectivity index (χ3n) is 3.10. The fraction of sp³-hybridized carbons (Fsp3) is 1.00. The molecule has 1 rings (SSSR count). The van der Waals surface area contributed by atoms with Crippen molar-refractivity contribution >= 4 is 0 Å². The molecule has 0 spiro atoms. The summed E-state index contributed by atoms with van der Waals surface area (Å²) in [6.07, 6.45) is 5.68. The molecule has 84 valence electrons. The Hall–Kier alpha value is -0.0400. The first-order chi connectivity index (χ1) is 6.51. The van der Waals surface area contributed by atoms with Gasteiger partial charge in [0.25, 0.3) is 0 Å². The van der Waals surface area contributed by atoms with Crippen molar-refractivity contribution in [3.63, 3.8) is 0 Å². The highest BCUT2D eigenvalue weighted by molar-refractivity contribution is 4.75. The fourth-order valence-corrected chi connectivity index (χ4v) is 2.51. The van der Waals surface area contributed by atoms with E-state index in [-0.39, 0.29) is 0 Å². The predicted molar refractivity (Wildman–Crippen MR) is 63.5 cm³/mol. The van der Waals surface area contributed by atoms with Gasteiger partial charge in [0.2, 0.25) is 0 Å². The summed E-state index contributed by atoms with van der Waals surface area (Å²) in [7, 11) is 0. The second-order valence-electron chi connectivity index (χ2n) is 6.07. The summed E-state index contributed by atoms with van der Waals surface area (Å²) in [4.78, 5) is 2.64. The third-order valence-corrected chi connectivity index (χ3v) is 3.10. The van der Waals surface area contributed by atoms with Crippen molar-refractivity contribution < 1.29 is 0 Å². The highest BCUT2D eigenvalue weighted by Crippen LogP contribution is 2.24. The van der Waals surface area contributed by atoms with Gasteiger partial charge in [0, 0.05) is 6.54 Å². The van der Waals surface area contributed by atoms with Gasteiger partial charge in [-0.1, -0.05) is 40.5 Å². The molecule has 0 amide bonds. The Morgan fingerprint density at radius 3 is 2.14 bits per heavy atom. The zero-order valence-electron chi connectivity index (χ0n) is 10.5. The molecule has 0 bridgehead atoms. The molecule has 0 radical (unpaired) electrons. The summed E-state index contributed by atoms with van der Waals surface area (Å²) >= 11 is 0. The van der Waals surface area contributed by atoms with Gasteiger partial charge in [0.1, 0.15) is 0 Å². The zero-order chi connectivity index (χ0) is 10.6. The van der Waals surface area contributed by atoms with E-state index in [1.165, 1.54) is 45.3 Å². The highest BCUT2D eigenvalue weighted by Gasteiger charge is 2.22. The summed E-state index contributed by atoms with van der Waals surface area (Å²) in [5, 5.41) is 0. The minimum absolute atomic E-state index is 0.470. The molecular weight excluding hydrogens is 170 g/mol. The average Bonchev–Trinajstić information content (AvgIpc) is 2.06. The summed E-state index contributed by atoms with van der Waals surface area (Å²) in [6, 6.07) is 0. The number of rotatable bonds is 3. The smallest absolute Gasteiger partial charge is 0.00300 e. The Labute approximate surface area is 89.9 Å². The number of nitrogens with zero attached hydrogens (tertiary/aromatic N) is 1. The lowest BCUT2D eigenvalue weighted by atomic mass is 9.90. The van der Waals surface area contributed by atoms with Crippen LogP contribution in [0.1, 0.15) is 53.4 Å². The van der Waals surface area contributed by atoms with E-state index in [4.69, 9.17) is 0 Å². The maximum atomic E-state index is 2.64. The monoisotopic (exact) mass is 197 g/mol. The van der Waals surface area contributed by atoms with Crippen molar-refractivity contribution in [1.29, 1.82) is 0 Å². The lowest BCUT2D eigenvalue weighted by Crippen LogP contribution is -2.39. The van der Waals surface area contributed by atoms with E-state index in [9.17, 15) is 0 Å². The summed E-state index contributed by atoms with van der Waals surface area (Å²) in [5.74, 6) is 1.02. The van der Waals surface area contributed by atoms with E-state index in [2.05, 4.69) is 32.6 Å².